The molecule has 1 atom stereocenters. The van der Waals surface area contributed by atoms with Crippen LogP contribution in [0.4, 0.5) is 4.79 Å². The van der Waals surface area contributed by atoms with E-state index >= 15 is 0 Å². The molecule has 0 saturated carbocycles. The first-order valence-corrected chi connectivity index (χ1v) is 8.66. The highest BCUT2D eigenvalue weighted by molar-refractivity contribution is 5.92. The van der Waals surface area contributed by atoms with Crippen LogP contribution in [0.1, 0.15) is 45.6 Å². The van der Waals surface area contributed by atoms with Gasteiger partial charge in [-0.05, 0) is 45.6 Å². The zero-order valence-corrected chi connectivity index (χ0v) is 14.7. The van der Waals surface area contributed by atoms with Gasteiger partial charge in [0.25, 0.3) is 0 Å². The summed E-state index contributed by atoms with van der Waals surface area (Å²) in [6.07, 6.45) is 1.91. The molecule has 24 heavy (non-hydrogen) atoms. The summed E-state index contributed by atoms with van der Waals surface area (Å²) >= 11 is 0. The highest BCUT2D eigenvalue weighted by Gasteiger charge is 2.55. The third kappa shape index (κ3) is 3.12. The number of benzene rings is 1. The molecule has 5 nitrogen and oxygen atoms in total. The van der Waals surface area contributed by atoms with Crippen molar-refractivity contribution in [3.05, 3.63) is 35.9 Å². The zero-order chi connectivity index (χ0) is 17.4. The van der Waals surface area contributed by atoms with Crippen molar-refractivity contribution in [2.75, 3.05) is 13.1 Å². The van der Waals surface area contributed by atoms with E-state index in [1.807, 2.05) is 56.0 Å². The molecule has 1 unspecified atom stereocenters. The van der Waals surface area contributed by atoms with E-state index in [1.165, 1.54) is 0 Å². The number of amides is 2. The lowest BCUT2D eigenvalue weighted by atomic mass is 9.94. The number of likely N-dealkylation sites (tertiary alicyclic amines) is 2. The van der Waals surface area contributed by atoms with Crippen molar-refractivity contribution in [1.82, 2.24) is 9.80 Å². The van der Waals surface area contributed by atoms with Gasteiger partial charge in [0.2, 0.25) is 5.91 Å². The molecule has 1 spiro atoms. The maximum absolute atomic E-state index is 13.1. The minimum Gasteiger partial charge on any atom is -0.444 e. The van der Waals surface area contributed by atoms with Gasteiger partial charge in [-0.3, -0.25) is 9.69 Å². The lowest BCUT2D eigenvalue weighted by Gasteiger charge is -2.34. The second-order valence-corrected chi connectivity index (χ2v) is 7.73. The Labute approximate surface area is 143 Å². The molecule has 0 bridgehead atoms. The number of carbonyl (C=O) groups is 2. The predicted molar refractivity (Wildman–Crippen MR) is 91.4 cm³/mol. The third-order valence-electron chi connectivity index (χ3n) is 4.80. The van der Waals surface area contributed by atoms with Gasteiger partial charge in [0.15, 0.2) is 0 Å². The fraction of sp³-hybridized carbons (Fsp3) is 0.579. The Morgan fingerprint density at radius 2 is 1.88 bits per heavy atom. The fourth-order valence-corrected chi connectivity index (χ4v) is 3.72. The van der Waals surface area contributed by atoms with Crippen molar-refractivity contribution in [3.63, 3.8) is 0 Å². The number of carbonyl (C=O) groups excluding carboxylic acids is 2. The molecule has 3 rings (SSSR count). The largest absolute Gasteiger partial charge is 0.444 e. The first kappa shape index (κ1) is 16.8. The highest BCUT2D eigenvalue weighted by Crippen LogP contribution is 2.40. The number of rotatable bonds is 2. The number of nitrogens with zero attached hydrogens (tertiary/aromatic N) is 2. The van der Waals surface area contributed by atoms with E-state index in [2.05, 4.69) is 0 Å². The van der Waals surface area contributed by atoms with Crippen LogP contribution < -0.4 is 0 Å². The molecule has 2 heterocycles. The molecular formula is C19H26N2O3. The third-order valence-corrected chi connectivity index (χ3v) is 4.80. The topological polar surface area (TPSA) is 49.9 Å². The molecule has 130 valence electrons. The first-order valence-electron chi connectivity index (χ1n) is 8.66. The van der Waals surface area contributed by atoms with Gasteiger partial charge in [-0.15, -0.1) is 0 Å². The molecule has 0 aromatic heterocycles. The van der Waals surface area contributed by atoms with Crippen LogP contribution in [0, 0.1) is 0 Å². The maximum Gasteiger partial charge on any atom is 0.411 e. The molecule has 1 aromatic carbocycles. The van der Waals surface area contributed by atoms with Crippen molar-refractivity contribution in [2.45, 2.75) is 57.7 Å². The van der Waals surface area contributed by atoms with Crippen LogP contribution >= 0.6 is 0 Å². The normalized spacial score (nSPS) is 24.0. The molecule has 0 radical (unpaired) electrons. The van der Waals surface area contributed by atoms with Crippen LogP contribution in [-0.2, 0) is 16.1 Å². The van der Waals surface area contributed by atoms with Crippen LogP contribution in [0.3, 0.4) is 0 Å². The van der Waals surface area contributed by atoms with Crippen LogP contribution in [0.5, 0.6) is 0 Å². The Morgan fingerprint density at radius 3 is 2.54 bits per heavy atom. The summed E-state index contributed by atoms with van der Waals surface area (Å²) < 4.78 is 5.53. The summed E-state index contributed by atoms with van der Waals surface area (Å²) in [7, 11) is 0. The van der Waals surface area contributed by atoms with E-state index in [9.17, 15) is 9.59 Å². The van der Waals surface area contributed by atoms with Crippen LogP contribution in [-0.4, -0.2) is 46.0 Å². The SMILES string of the molecule is CC(C)(C)OC(=O)N1CCCC12CCN(Cc1ccccc1)C2=O. The summed E-state index contributed by atoms with van der Waals surface area (Å²) in [5.74, 6) is 0.0645. The Kier molecular flexibility index (Phi) is 4.28. The molecule has 1 aromatic rings. The summed E-state index contributed by atoms with van der Waals surface area (Å²) in [5, 5.41) is 0. The van der Waals surface area contributed by atoms with E-state index in [4.69, 9.17) is 4.74 Å². The van der Waals surface area contributed by atoms with Crippen LogP contribution in [0.2, 0.25) is 0 Å². The predicted octanol–water partition coefficient (Wildman–Crippen LogP) is 3.19. The lowest BCUT2D eigenvalue weighted by molar-refractivity contribution is -0.137. The van der Waals surface area contributed by atoms with E-state index in [-0.39, 0.29) is 12.0 Å². The molecule has 2 aliphatic heterocycles. The van der Waals surface area contributed by atoms with Gasteiger partial charge in [-0.2, -0.15) is 0 Å². The first-order chi connectivity index (χ1) is 11.3. The van der Waals surface area contributed by atoms with Gasteiger partial charge in [0.1, 0.15) is 11.1 Å². The van der Waals surface area contributed by atoms with Crippen molar-refractivity contribution in [2.24, 2.45) is 0 Å². The summed E-state index contributed by atoms with van der Waals surface area (Å²) in [5.41, 5.74) is -0.131. The fourth-order valence-electron chi connectivity index (χ4n) is 3.72. The molecule has 0 N–H and O–H groups in total. The molecule has 2 aliphatic rings. The van der Waals surface area contributed by atoms with E-state index in [0.29, 0.717) is 26.1 Å². The molecule has 2 saturated heterocycles. The second-order valence-electron chi connectivity index (χ2n) is 7.73. The standard InChI is InChI=1S/C19H26N2O3/c1-18(2,3)24-17(23)21-12-7-10-19(21)11-13-20(16(19)22)14-15-8-5-4-6-9-15/h4-6,8-9H,7,10-14H2,1-3H3. The van der Waals surface area contributed by atoms with Gasteiger partial charge in [0, 0.05) is 19.6 Å². The molecule has 5 heteroatoms. The number of ether oxygens (including phenoxy) is 1. The summed E-state index contributed by atoms with van der Waals surface area (Å²) in [6.45, 7) is 7.44. The second kappa shape index (κ2) is 6.11. The van der Waals surface area contributed by atoms with Crippen LogP contribution in [0.25, 0.3) is 0 Å². The molecule has 2 amide bonds. The minimum atomic E-state index is -0.697. The highest BCUT2D eigenvalue weighted by atomic mass is 16.6. The monoisotopic (exact) mass is 330 g/mol. The van der Waals surface area contributed by atoms with Crippen molar-refractivity contribution >= 4 is 12.0 Å². The minimum absolute atomic E-state index is 0.0645. The average Bonchev–Trinajstić information content (AvgIpc) is 3.07. The van der Waals surface area contributed by atoms with Gasteiger partial charge in [0.05, 0.1) is 0 Å². The van der Waals surface area contributed by atoms with E-state index in [0.717, 1.165) is 18.4 Å². The average molecular weight is 330 g/mol. The lowest BCUT2D eigenvalue weighted by Crippen LogP contribution is -2.53. The maximum atomic E-state index is 13.1. The smallest absolute Gasteiger partial charge is 0.411 e. The van der Waals surface area contributed by atoms with Crippen molar-refractivity contribution < 1.29 is 14.3 Å². The summed E-state index contributed by atoms with van der Waals surface area (Å²) in [4.78, 5) is 29.2. The molecule has 0 aliphatic carbocycles. The Morgan fingerprint density at radius 1 is 1.17 bits per heavy atom. The van der Waals surface area contributed by atoms with E-state index < -0.39 is 11.1 Å². The van der Waals surface area contributed by atoms with Gasteiger partial charge in [-0.25, -0.2) is 4.79 Å². The zero-order valence-electron chi connectivity index (χ0n) is 14.7. The molecular weight excluding hydrogens is 304 g/mol. The van der Waals surface area contributed by atoms with Gasteiger partial charge in [-0.1, -0.05) is 30.3 Å². The quantitative estimate of drug-likeness (QED) is 0.837. The number of hydrogen-bond acceptors (Lipinski definition) is 3. The van der Waals surface area contributed by atoms with Gasteiger partial charge >= 0.3 is 6.09 Å². The number of hydrogen-bond donors (Lipinski definition) is 0. The Hall–Kier alpha value is -2.04. The van der Waals surface area contributed by atoms with Crippen molar-refractivity contribution in [1.29, 1.82) is 0 Å². The molecule has 2 fully saturated rings. The van der Waals surface area contributed by atoms with Crippen molar-refractivity contribution in [3.8, 4) is 0 Å². The Bertz CT molecular complexity index is 623. The van der Waals surface area contributed by atoms with Gasteiger partial charge < -0.3 is 9.64 Å². The Balaban J connectivity index is 1.75. The summed E-state index contributed by atoms with van der Waals surface area (Å²) in [6, 6.07) is 9.98. The van der Waals surface area contributed by atoms with Crippen LogP contribution in [0.15, 0.2) is 30.3 Å². The van der Waals surface area contributed by atoms with E-state index in [1.54, 1.807) is 4.90 Å².